The van der Waals surface area contributed by atoms with Crippen LogP contribution in [0.4, 0.5) is 5.69 Å². The summed E-state index contributed by atoms with van der Waals surface area (Å²) < 4.78 is 0. The molecule has 0 radical (unpaired) electrons. The molecule has 3 fully saturated rings. The number of aromatic amines is 1. The van der Waals surface area contributed by atoms with E-state index in [9.17, 15) is 10.1 Å². The Morgan fingerprint density at radius 1 is 1.17 bits per heavy atom. The van der Waals surface area contributed by atoms with Crippen LogP contribution in [0.2, 0.25) is 0 Å². The molecule has 2 aromatic rings. The van der Waals surface area contributed by atoms with Crippen LogP contribution in [0.25, 0.3) is 10.9 Å². The first-order chi connectivity index (χ1) is 11.7. The van der Waals surface area contributed by atoms with Crippen molar-refractivity contribution in [3.8, 4) is 6.07 Å². The zero-order valence-electron chi connectivity index (χ0n) is 13.8. The highest BCUT2D eigenvalue weighted by atomic mass is 16.1. The number of nitrogens with zero attached hydrogens (tertiary/aromatic N) is 2. The number of hydrogen-bond acceptors (Lipinski definition) is 3. The molecular formula is C20H21N3O. The zero-order valence-corrected chi connectivity index (χ0v) is 13.8. The van der Waals surface area contributed by atoms with Crippen molar-refractivity contribution in [3.63, 3.8) is 0 Å². The van der Waals surface area contributed by atoms with Gasteiger partial charge in [0.15, 0.2) is 0 Å². The van der Waals surface area contributed by atoms with Gasteiger partial charge in [0.1, 0.15) is 11.6 Å². The first-order valence-corrected chi connectivity index (χ1v) is 9.04. The summed E-state index contributed by atoms with van der Waals surface area (Å²) in [6.45, 7) is 1.92. The maximum Gasteiger partial charge on any atom is 0.268 e. The number of anilines is 1. The van der Waals surface area contributed by atoms with Crippen LogP contribution in [0, 0.1) is 16.7 Å². The van der Waals surface area contributed by atoms with E-state index in [4.69, 9.17) is 0 Å². The van der Waals surface area contributed by atoms with E-state index < -0.39 is 0 Å². The fourth-order valence-electron chi connectivity index (χ4n) is 4.28. The normalized spacial score (nSPS) is 21.9. The zero-order chi connectivity index (χ0) is 16.3. The van der Waals surface area contributed by atoms with E-state index in [1.807, 2.05) is 6.07 Å². The summed E-state index contributed by atoms with van der Waals surface area (Å²) in [4.78, 5) is 17.6. The third-order valence-corrected chi connectivity index (χ3v) is 6.27. The Morgan fingerprint density at radius 2 is 1.92 bits per heavy atom. The molecule has 3 aliphatic rings. The lowest BCUT2D eigenvalue weighted by Crippen LogP contribution is -2.36. The standard InChI is InChI=1S/C20H21N3O/c21-12-16-18(23-9-7-20(5-6-20)8-10-23)15-11-14(13-1-2-13)3-4-17(15)22-19(16)24/h3-4,11,13H,1-2,5-10H2,(H,22,24). The quantitative estimate of drug-likeness (QED) is 0.919. The predicted molar refractivity (Wildman–Crippen MR) is 94.4 cm³/mol. The molecule has 2 heterocycles. The van der Waals surface area contributed by atoms with Gasteiger partial charge in [0.25, 0.3) is 5.56 Å². The fraction of sp³-hybridized carbons (Fsp3) is 0.500. The van der Waals surface area contributed by atoms with Crippen molar-refractivity contribution >= 4 is 16.6 Å². The minimum absolute atomic E-state index is 0.258. The van der Waals surface area contributed by atoms with Crippen molar-refractivity contribution in [3.05, 3.63) is 39.7 Å². The van der Waals surface area contributed by atoms with Crippen LogP contribution in [0.15, 0.2) is 23.0 Å². The Hall–Kier alpha value is -2.28. The van der Waals surface area contributed by atoms with Gasteiger partial charge in [-0.25, -0.2) is 0 Å². The van der Waals surface area contributed by atoms with Gasteiger partial charge in [0, 0.05) is 18.5 Å². The number of hydrogen-bond donors (Lipinski definition) is 1. The molecule has 0 amide bonds. The van der Waals surface area contributed by atoms with Crippen molar-refractivity contribution < 1.29 is 0 Å². The number of pyridine rings is 1. The molecule has 1 aliphatic heterocycles. The number of fused-ring (bicyclic) bond motifs is 1. The highest BCUT2D eigenvalue weighted by Gasteiger charge is 2.44. The van der Waals surface area contributed by atoms with E-state index in [1.54, 1.807) is 0 Å². The maximum atomic E-state index is 12.4. The summed E-state index contributed by atoms with van der Waals surface area (Å²) in [5.74, 6) is 0.663. The molecule has 2 saturated carbocycles. The van der Waals surface area contributed by atoms with Crippen LogP contribution in [-0.2, 0) is 0 Å². The number of rotatable bonds is 2. The lowest BCUT2D eigenvalue weighted by molar-refractivity contribution is 0.385. The summed E-state index contributed by atoms with van der Waals surface area (Å²) in [5, 5.41) is 10.6. The summed E-state index contributed by atoms with van der Waals surface area (Å²) in [6, 6.07) is 8.52. The van der Waals surface area contributed by atoms with Crippen LogP contribution in [0.1, 0.15) is 55.6 Å². The predicted octanol–water partition coefficient (Wildman–Crippen LogP) is 3.66. The number of piperidine rings is 1. The second-order valence-corrected chi connectivity index (χ2v) is 7.86. The van der Waals surface area contributed by atoms with Gasteiger partial charge in [-0.1, -0.05) is 6.07 Å². The molecule has 0 bridgehead atoms. The molecule has 1 spiro atoms. The van der Waals surface area contributed by atoms with E-state index in [2.05, 4.69) is 28.1 Å². The average Bonchev–Trinajstić information content (AvgIpc) is 3.50. The Kier molecular flexibility index (Phi) is 2.85. The molecule has 4 nitrogen and oxygen atoms in total. The van der Waals surface area contributed by atoms with Crippen molar-refractivity contribution in [2.45, 2.75) is 44.4 Å². The summed E-state index contributed by atoms with van der Waals surface area (Å²) in [5.41, 5.74) is 3.67. The molecule has 0 unspecified atom stereocenters. The summed E-state index contributed by atoms with van der Waals surface area (Å²) in [6.07, 6.45) is 7.59. The number of nitriles is 1. The van der Waals surface area contributed by atoms with Gasteiger partial charge in [-0.3, -0.25) is 4.79 Å². The monoisotopic (exact) mass is 319 g/mol. The number of benzene rings is 1. The number of nitrogens with one attached hydrogen (secondary N) is 1. The second kappa shape index (κ2) is 4.86. The van der Waals surface area contributed by atoms with Crippen LogP contribution in [0.3, 0.4) is 0 Å². The minimum Gasteiger partial charge on any atom is -0.370 e. The van der Waals surface area contributed by atoms with Crippen molar-refractivity contribution in [2.75, 3.05) is 18.0 Å². The van der Waals surface area contributed by atoms with Gasteiger partial charge in [0.2, 0.25) is 0 Å². The fourth-order valence-corrected chi connectivity index (χ4v) is 4.28. The van der Waals surface area contributed by atoms with E-state index in [0.717, 1.165) is 29.7 Å². The van der Waals surface area contributed by atoms with E-state index in [0.29, 0.717) is 11.3 Å². The first kappa shape index (κ1) is 14.1. The largest absolute Gasteiger partial charge is 0.370 e. The first-order valence-electron chi connectivity index (χ1n) is 9.04. The van der Waals surface area contributed by atoms with Gasteiger partial charge in [-0.2, -0.15) is 5.26 Å². The van der Waals surface area contributed by atoms with Crippen molar-refractivity contribution in [1.29, 1.82) is 5.26 Å². The molecule has 2 aliphatic carbocycles. The molecule has 1 saturated heterocycles. The smallest absolute Gasteiger partial charge is 0.268 e. The molecular weight excluding hydrogens is 298 g/mol. The molecule has 4 heteroatoms. The van der Waals surface area contributed by atoms with Gasteiger partial charge in [0.05, 0.1) is 11.2 Å². The SMILES string of the molecule is N#Cc1c(N2CCC3(CC2)CC3)c2cc(C3CC3)ccc2[nH]c1=O. The van der Waals surface area contributed by atoms with Gasteiger partial charge in [-0.05, 0) is 67.6 Å². The third kappa shape index (κ3) is 2.15. The average molecular weight is 319 g/mol. The van der Waals surface area contributed by atoms with Crippen LogP contribution < -0.4 is 10.5 Å². The molecule has 0 atom stereocenters. The number of aromatic nitrogens is 1. The van der Waals surface area contributed by atoms with Crippen LogP contribution in [0.5, 0.6) is 0 Å². The van der Waals surface area contributed by atoms with Crippen molar-refractivity contribution in [2.24, 2.45) is 5.41 Å². The summed E-state index contributed by atoms with van der Waals surface area (Å²) in [7, 11) is 0. The van der Waals surface area contributed by atoms with Gasteiger partial charge < -0.3 is 9.88 Å². The number of H-pyrrole nitrogens is 1. The minimum atomic E-state index is -0.258. The van der Waals surface area contributed by atoms with Gasteiger partial charge >= 0.3 is 0 Å². The lowest BCUT2D eigenvalue weighted by Gasteiger charge is -2.34. The molecule has 1 N–H and O–H groups in total. The van der Waals surface area contributed by atoms with Crippen LogP contribution in [-0.4, -0.2) is 18.1 Å². The van der Waals surface area contributed by atoms with Gasteiger partial charge in [-0.15, -0.1) is 0 Å². The second-order valence-electron chi connectivity index (χ2n) is 7.86. The van der Waals surface area contributed by atoms with Crippen LogP contribution >= 0.6 is 0 Å². The summed E-state index contributed by atoms with van der Waals surface area (Å²) >= 11 is 0. The van der Waals surface area contributed by atoms with E-state index >= 15 is 0 Å². The molecule has 24 heavy (non-hydrogen) atoms. The molecule has 1 aromatic heterocycles. The molecule has 1 aromatic carbocycles. The highest BCUT2D eigenvalue weighted by Crippen LogP contribution is 2.54. The highest BCUT2D eigenvalue weighted by molar-refractivity contribution is 5.95. The Balaban J connectivity index is 1.67. The third-order valence-electron chi connectivity index (χ3n) is 6.27. The molecule has 5 rings (SSSR count). The molecule has 122 valence electrons. The van der Waals surface area contributed by atoms with Crippen molar-refractivity contribution in [1.82, 2.24) is 4.98 Å². The topological polar surface area (TPSA) is 59.9 Å². The lowest BCUT2D eigenvalue weighted by atomic mass is 9.92. The Bertz CT molecular complexity index is 918. The van der Waals surface area contributed by atoms with E-state index in [1.165, 1.54) is 44.1 Å². The maximum absolute atomic E-state index is 12.4. The Labute approximate surface area is 141 Å². The Morgan fingerprint density at radius 3 is 2.54 bits per heavy atom. The van der Waals surface area contributed by atoms with E-state index in [-0.39, 0.29) is 11.1 Å².